The van der Waals surface area contributed by atoms with Gasteiger partial charge in [0.05, 0.1) is 6.61 Å². The van der Waals surface area contributed by atoms with E-state index in [-0.39, 0.29) is 5.97 Å². The largest absolute Gasteiger partial charge is 0.466 e. The summed E-state index contributed by atoms with van der Waals surface area (Å²) in [5.74, 6) is 1.20. The van der Waals surface area contributed by atoms with Gasteiger partial charge in [0.25, 0.3) is 0 Å². The molecule has 1 atom stereocenters. The maximum absolute atomic E-state index is 11.2. The van der Waals surface area contributed by atoms with Gasteiger partial charge in [-0.3, -0.25) is 4.79 Å². The average molecular weight is 200 g/mol. The number of hydrogen-bond acceptors (Lipinski definition) is 2. The van der Waals surface area contributed by atoms with Gasteiger partial charge in [-0.05, 0) is 24.7 Å². The molecule has 0 aliphatic carbocycles. The van der Waals surface area contributed by atoms with E-state index in [9.17, 15) is 4.79 Å². The quantitative estimate of drug-likeness (QED) is 0.589. The van der Waals surface area contributed by atoms with Crippen molar-refractivity contribution in [2.24, 2.45) is 11.8 Å². The first-order valence-corrected chi connectivity index (χ1v) is 5.71. The molecule has 2 heteroatoms. The van der Waals surface area contributed by atoms with Gasteiger partial charge in [0.2, 0.25) is 0 Å². The van der Waals surface area contributed by atoms with E-state index in [0.29, 0.717) is 24.9 Å². The Kier molecular flexibility index (Phi) is 7.54. The summed E-state index contributed by atoms with van der Waals surface area (Å²) in [6.07, 6.45) is 3.64. The molecule has 84 valence electrons. The number of rotatable bonds is 7. The van der Waals surface area contributed by atoms with Gasteiger partial charge in [-0.2, -0.15) is 0 Å². The lowest BCUT2D eigenvalue weighted by atomic mass is 10.0. The van der Waals surface area contributed by atoms with Crippen LogP contribution >= 0.6 is 0 Å². The van der Waals surface area contributed by atoms with Crippen LogP contribution in [0.5, 0.6) is 0 Å². The summed E-state index contributed by atoms with van der Waals surface area (Å²) < 4.78 is 5.11. The summed E-state index contributed by atoms with van der Waals surface area (Å²) >= 11 is 0. The molecule has 0 radical (unpaired) electrons. The zero-order valence-corrected chi connectivity index (χ0v) is 10.0. The number of hydrogen-bond donors (Lipinski definition) is 0. The van der Waals surface area contributed by atoms with Crippen LogP contribution in [-0.2, 0) is 9.53 Å². The van der Waals surface area contributed by atoms with Gasteiger partial charge in [0, 0.05) is 6.42 Å². The minimum atomic E-state index is -0.0362. The van der Waals surface area contributed by atoms with Gasteiger partial charge in [-0.15, -0.1) is 0 Å². The molecule has 0 heterocycles. The third-order valence-corrected chi connectivity index (χ3v) is 2.50. The van der Waals surface area contributed by atoms with Gasteiger partial charge < -0.3 is 4.74 Å². The van der Waals surface area contributed by atoms with Crippen molar-refractivity contribution in [2.75, 3.05) is 6.61 Å². The third-order valence-electron chi connectivity index (χ3n) is 2.50. The fraction of sp³-hybridized carbons (Fsp3) is 0.917. The van der Waals surface area contributed by atoms with E-state index >= 15 is 0 Å². The molecule has 0 saturated heterocycles. The maximum Gasteiger partial charge on any atom is 0.305 e. The van der Waals surface area contributed by atoms with Crippen LogP contribution in [0.15, 0.2) is 0 Å². The van der Waals surface area contributed by atoms with E-state index in [2.05, 4.69) is 27.7 Å². The molecule has 0 amide bonds. The lowest BCUT2D eigenvalue weighted by molar-refractivity contribution is -0.144. The number of esters is 1. The summed E-state index contributed by atoms with van der Waals surface area (Å²) in [6, 6.07) is 0. The highest BCUT2D eigenvalue weighted by molar-refractivity contribution is 5.69. The number of carbonyl (C=O) groups excluding carboxylic acids is 1. The molecule has 0 aromatic heterocycles. The molecular weight excluding hydrogens is 176 g/mol. The summed E-state index contributed by atoms with van der Waals surface area (Å²) in [5, 5.41) is 0. The molecule has 0 aromatic rings. The van der Waals surface area contributed by atoms with Crippen LogP contribution in [0.2, 0.25) is 0 Å². The molecule has 0 aromatic carbocycles. The van der Waals surface area contributed by atoms with E-state index in [0.717, 1.165) is 19.3 Å². The molecule has 2 nitrogen and oxygen atoms in total. The molecule has 1 unspecified atom stereocenters. The second-order valence-electron chi connectivity index (χ2n) is 4.46. The van der Waals surface area contributed by atoms with E-state index in [1.165, 1.54) is 0 Å². The van der Waals surface area contributed by atoms with Crippen LogP contribution in [0, 0.1) is 11.8 Å². The summed E-state index contributed by atoms with van der Waals surface area (Å²) in [6.45, 7) is 9.16. The zero-order valence-electron chi connectivity index (χ0n) is 10.0. The fourth-order valence-corrected chi connectivity index (χ4v) is 1.05. The van der Waals surface area contributed by atoms with Gasteiger partial charge in [0.15, 0.2) is 0 Å². The SMILES string of the molecule is CCC(C)CCC(=O)OCCC(C)C. The minimum absolute atomic E-state index is 0.0362. The number of carbonyl (C=O) groups is 1. The van der Waals surface area contributed by atoms with Crippen LogP contribution in [-0.4, -0.2) is 12.6 Å². The fourth-order valence-electron chi connectivity index (χ4n) is 1.05. The van der Waals surface area contributed by atoms with Crippen molar-refractivity contribution in [2.45, 2.75) is 53.4 Å². The first-order chi connectivity index (χ1) is 6.56. The van der Waals surface area contributed by atoms with Crippen molar-refractivity contribution in [3.8, 4) is 0 Å². The smallest absolute Gasteiger partial charge is 0.305 e. The predicted octanol–water partition coefficient (Wildman–Crippen LogP) is 3.40. The Balaban J connectivity index is 3.37. The molecule has 0 spiro atoms. The molecule has 0 aliphatic rings. The van der Waals surface area contributed by atoms with E-state index < -0.39 is 0 Å². The average Bonchev–Trinajstić information content (AvgIpc) is 2.13. The number of ether oxygens (including phenoxy) is 1. The summed E-state index contributed by atoms with van der Waals surface area (Å²) in [7, 11) is 0. The van der Waals surface area contributed by atoms with Crippen LogP contribution < -0.4 is 0 Å². The Bertz CT molecular complexity index is 152. The zero-order chi connectivity index (χ0) is 11.0. The van der Waals surface area contributed by atoms with Crippen molar-refractivity contribution in [3.05, 3.63) is 0 Å². The topological polar surface area (TPSA) is 26.3 Å². The lowest BCUT2D eigenvalue weighted by Gasteiger charge is -2.09. The van der Waals surface area contributed by atoms with Crippen LogP contribution in [0.1, 0.15) is 53.4 Å². The van der Waals surface area contributed by atoms with Crippen molar-refractivity contribution in [1.82, 2.24) is 0 Å². The van der Waals surface area contributed by atoms with Crippen LogP contribution in [0.25, 0.3) is 0 Å². The van der Waals surface area contributed by atoms with Crippen molar-refractivity contribution < 1.29 is 9.53 Å². The van der Waals surface area contributed by atoms with Crippen molar-refractivity contribution in [3.63, 3.8) is 0 Å². The highest BCUT2D eigenvalue weighted by Crippen LogP contribution is 2.10. The minimum Gasteiger partial charge on any atom is -0.466 e. The van der Waals surface area contributed by atoms with E-state index in [4.69, 9.17) is 4.74 Å². The monoisotopic (exact) mass is 200 g/mol. The predicted molar refractivity (Wildman–Crippen MR) is 59.1 cm³/mol. The molecule has 0 N–H and O–H groups in total. The van der Waals surface area contributed by atoms with Crippen LogP contribution in [0.4, 0.5) is 0 Å². The van der Waals surface area contributed by atoms with Crippen molar-refractivity contribution >= 4 is 5.97 Å². The van der Waals surface area contributed by atoms with Crippen molar-refractivity contribution in [1.29, 1.82) is 0 Å². The van der Waals surface area contributed by atoms with Gasteiger partial charge in [0.1, 0.15) is 0 Å². The molecule has 0 saturated carbocycles. The molecular formula is C12H24O2. The molecule has 14 heavy (non-hydrogen) atoms. The van der Waals surface area contributed by atoms with E-state index in [1.54, 1.807) is 0 Å². The molecule has 0 aliphatic heterocycles. The summed E-state index contributed by atoms with van der Waals surface area (Å²) in [4.78, 5) is 11.2. The molecule has 0 bridgehead atoms. The Labute approximate surface area is 88.0 Å². The second-order valence-corrected chi connectivity index (χ2v) is 4.46. The van der Waals surface area contributed by atoms with Gasteiger partial charge >= 0.3 is 5.97 Å². The highest BCUT2D eigenvalue weighted by Gasteiger charge is 2.06. The Morgan fingerprint density at radius 1 is 1.21 bits per heavy atom. The Morgan fingerprint density at radius 2 is 1.86 bits per heavy atom. The first-order valence-electron chi connectivity index (χ1n) is 5.71. The highest BCUT2D eigenvalue weighted by atomic mass is 16.5. The van der Waals surface area contributed by atoms with E-state index in [1.807, 2.05) is 0 Å². The van der Waals surface area contributed by atoms with Crippen LogP contribution in [0.3, 0.4) is 0 Å². The normalized spacial score (nSPS) is 12.9. The third kappa shape index (κ3) is 8.09. The summed E-state index contributed by atoms with van der Waals surface area (Å²) in [5.41, 5.74) is 0. The molecule has 0 rings (SSSR count). The Hall–Kier alpha value is -0.530. The lowest BCUT2D eigenvalue weighted by Crippen LogP contribution is -2.08. The standard InChI is InChI=1S/C12H24O2/c1-5-11(4)6-7-12(13)14-9-8-10(2)3/h10-11H,5-9H2,1-4H3. The van der Waals surface area contributed by atoms with Gasteiger partial charge in [-0.1, -0.05) is 34.1 Å². The Morgan fingerprint density at radius 3 is 2.36 bits per heavy atom. The first kappa shape index (κ1) is 13.5. The maximum atomic E-state index is 11.2. The second kappa shape index (κ2) is 7.84. The molecule has 0 fully saturated rings. The van der Waals surface area contributed by atoms with Gasteiger partial charge in [-0.25, -0.2) is 0 Å².